The molecule has 1 unspecified atom stereocenters. The van der Waals surface area contributed by atoms with Gasteiger partial charge in [0, 0.05) is 25.2 Å². The zero-order chi connectivity index (χ0) is 24.8. The van der Waals surface area contributed by atoms with E-state index in [-0.39, 0.29) is 23.1 Å². The number of hydrogen-bond donors (Lipinski definition) is 1. The summed E-state index contributed by atoms with van der Waals surface area (Å²) < 4.78 is 8.64. The third-order valence-electron chi connectivity index (χ3n) is 5.62. The minimum atomic E-state index is -0.328. The van der Waals surface area contributed by atoms with Gasteiger partial charge in [-0.1, -0.05) is 18.5 Å². The number of amides is 1. The lowest BCUT2D eigenvalue weighted by Gasteiger charge is -2.14. The highest BCUT2D eigenvalue weighted by Crippen LogP contribution is 2.21. The highest BCUT2D eigenvalue weighted by Gasteiger charge is 2.14. The van der Waals surface area contributed by atoms with Crippen LogP contribution in [0.15, 0.2) is 46.0 Å². The van der Waals surface area contributed by atoms with E-state index in [0.29, 0.717) is 65.5 Å². The van der Waals surface area contributed by atoms with Crippen molar-refractivity contribution >= 4 is 34.1 Å². The number of halogens is 1. The monoisotopic (exact) mass is 482 g/mol. The minimum absolute atomic E-state index is 0.0527. The first-order valence-electron chi connectivity index (χ1n) is 11.2. The quantitative estimate of drug-likeness (QED) is 0.492. The van der Waals surface area contributed by atoms with Crippen LogP contribution in [0.1, 0.15) is 39.2 Å². The molecule has 0 bridgehead atoms. The Morgan fingerprint density at radius 2 is 1.88 bits per heavy atom. The Morgan fingerprint density at radius 3 is 2.53 bits per heavy atom. The average molecular weight is 483 g/mol. The Morgan fingerprint density at radius 1 is 1.15 bits per heavy atom. The summed E-state index contributed by atoms with van der Waals surface area (Å²) in [7, 11) is 0. The number of nitrogens with zero attached hydrogens (tertiary/aromatic N) is 3. The van der Waals surface area contributed by atoms with Gasteiger partial charge in [-0.2, -0.15) is 5.26 Å². The standard InChI is InChI=1S/C25H27ClN4O4/c1-4-29-22-9-8-19(14-20(22)24(32)30(5-2)25(29)33)34-11-10-16(3)12-23(31)28-18-7-6-17(15-27)21(26)13-18/h6-9,13-14,16H,4-5,10-12H2,1-3H3,(H,28,31). The Bertz CT molecular complexity index is 1370. The molecule has 1 heterocycles. The van der Waals surface area contributed by atoms with Crippen LogP contribution in [0.3, 0.4) is 0 Å². The Hall–Kier alpha value is -3.57. The molecule has 0 aliphatic carbocycles. The second-order valence-electron chi connectivity index (χ2n) is 8.06. The highest BCUT2D eigenvalue weighted by atomic mass is 35.5. The molecule has 1 amide bonds. The summed E-state index contributed by atoms with van der Waals surface area (Å²) in [4.78, 5) is 37.6. The fourth-order valence-electron chi connectivity index (χ4n) is 3.77. The first-order valence-corrected chi connectivity index (χ1v) is 11.6. The molecule has 0 aliphatic rings. The molecule has 9 heteroatoms. The SMILES string of the molecule is CCn1c(=O)c2cc(OCCC(C)CC(=O)Nc3ccc(C#N)c(Cl)c3)ccc2n(CC)c1=O. The van der Waals surface area contributed by atoms with Crippen LogP contribution in [-0.4, -0.2) is 21.6 Å². The normalized spacial score (nSPS) is 11.7. The summed E-state index contributed by atoms with van der Waals surface area (Å²) in [6.07, 6.45) is 0.927. The van der Waals surface area contributed by atoms with Crippen LogP contribution in [-0.2, 0) is 17.9 Å². The number of nitrogens with one attached hydrogen (secondary N) is 1. The largest absolute Gasteiger partial charge is 0.494 e. The van der Waals surface area contributed by atoms with Crippen molar-refractivity contribution in [2.75, 3.05) is 11.9 Å². The van der Waals surface area contributed by atoms with Crippen molar-refractivity contribution in [1.82, 2.24) is 9.13 Å². The van der Waals surface area contributed by atoms with Gasteiger partial charge in [-0.05, 0) is 62.6 Å². The number of fused-ring (bicyclic) bond motifs is 1. The van der Waals surface area contributed by atoms with Gasteiger partial charge in [-0.15, -0.1) is 0 Å². The van der Waals surface area contributed by atoms with Crippen LogP contribution in [0.5, 0.6) is 5.75 Å². The van der Waals surface area contributed by atoms with Gasteiger partial charge in [-0.25, -0.2) is 4.79 Å². The van der Waals surface area contributed by atoms with Crippen molar-refractivity contribution < 1.29 is 9.53 Å². The maximum atomic E-state index is 12.7. The molecule has 34 heavy (non-hydrogen) atoms. The van der Waals surface area contributed by atoms with Gasteiger partial charge in [0.2, 0.25) is 5.91 Å². The van der Waals surface area contributed by atoms with Crippen molar-refractivity contribution in [3.05, 3.63) is 67.8 Å². The lowest BCUT2D eigenvalue weighted by molar-refractivity contribution is -0.117. The van der Waals surface area contributed by atoms with E-state index in [1.165, 1.54) is 4.57 Å². The summed E-state index contributed by atoms with van der Waals surface area (Å²) in [5.41, 5.74) is 0.835. The molecule has 0 fully saturated rings. The molecule has 1 N–H and O–H groups in total. The molecule has 1 atom stereocenters. The van der Waals surface area contributed by atoms with Crippen LogP contribution >= 0.6 is 11.6 Å². The Kier molecular flexibility index (Phi) is 8.13. The molecular weight excluding hydrogens is 456 g/mol. The fourth-order valence-corrected chi connectivity index (χ4v) is 3.99. The zero-order valence-electron chi connectivity index (χ0n) is 19.4. The van der Waals surface area contributed by atoms with Crippen molar-refractivity contribution in [3.8, 4) is 11.8 Å². The summed E-state index contributed by atoms with van der Waals surface area (Å²) in [5, 5.41) is 12.5. The van der Waals surface area contributed by atoms with Crippen molar-refractivity contribution in [3.63, 3.8) is 0 Å². The molecule has 3 aromatic rings. The third kappa shape index (κ3) is 5.49. The van der Waals surface area contributed by atoms with E-state index >= 15 is 0 Å². The van der Waals surface area contributed by atoms with Gasteiger partial charge in [0.25, 0.3) is 5.56 Å². The number of carbonyl (C=O) groups excluding carboxylic acids is 1. The topological polar surface area (TPSA) is 106 Å². The zero-order valence-corrected chi connectivity index (χ0v) is 20.2. The first kappa shape index (κ1) is 25.1. The van der Waals surface area contributed by atoms with Crippen molar-refractivity contribution in [2.45, 2.75) is 46.7 Å². The molecule has 3 rings (SSSR count). The predicted octanol–water partition coefficient (Wildman–Crippen LogP) is 4.16. The van der Waals surface area contributed by atoms with E-state index in [4.69, 9.17) is 21.6 Å². The number of ether oxygens (including phenoxy) is 1. The first-order chi connectivity index (χ1) is 16.3. The van der Waals surface area contributed by atoms with Gasteiger partial charge in [0.15, 0.2) is 0 Å². The molecule has 0 aliphatic heterocycles. The summed E-state index contributed by atoms with van der Waals surface area (Å²) in [6.45, 7) is 6.72. The molecule has 0 spiro atoms. The number of nitriles is 1. The van der Waals surface area contributed by atoms with Crippen LogP contribution in [0.25, 0.3) is 10.9 Å². The van der Waals surface area contributed by atoms with Gasteiger partial charge < -0.3 is 10.1 Å². The van der Waals surface area contributed by atoms with Crippen LogP contribution < -0.4 is 21.3 Å². The minimum Gasteiger partial charge on any atom is -0.494 e. The number of rotatable bonds is 9. The Labute approximate surface area is 202 Å². The third-order valence-corrected chi connectivity index (χ3v) is 5.93. The van der Waals surface area contributed by atoms with Crippen LogP contribution in [0.4, 0.5) is 5.69 Å². The van der Waals surface area contributed by atoms with E-state index in [1.54, 1.807) is 47.9 Å². The fraction of sp³-hybridized carbons (Fsp3) is 0.360. The van der Waals surface area contributed by atoms with E-state index in [9.17, 15) is 14.4 Å². The molecule has 0 radical (unpaired) electrons. The molecule has 0 saturated heterocycles. The Balaban J connectivity index is 1.60. The second kappa shape index (κ2) is 11.0. The van der Waals surface area contributed by atoms with Gasteiger partial charge in [0.05, 0.1) is 28.1 Å². The molecule has 8 nitrogen and oxygen atoms in total. The smallest absolute Gasteiger partial charge is 0.331 e. The number of benzene rings is 2. The highest BCUT2D eigenvalue weighted by molar-refractivity contribution is 6.32. The lowest BCUT2D eigenvalue weighted by Crippen LogP contribution is -2.39. The number of aromatic nitrogens is 2. The van der Waals surface area contributed by atoms with E-state index < -0.39 is 0 Å². The van der Waals surface area contributed by atoms with Gasteiger partial charge in [0.1, 0.15) is 11.8 Å². The summed E-state index contributed by atoms with van der Waals surface area (Å²) in [6, 6.07) is 11.9. The number of carbonyl (C=O) groups is 1. The molecule has 178 valence electrons. The maximum Gasteiger partial charge on any atom is 0.331 e. The maximum absolute atomic E-state index is 12.7. The lowest BCUT2D eigenvalue weighted by atomic mass is 10.0. The molecule has 2 aromatic carbocycles. The molecule has 1 aromatic heterocycles. The second-order valence-corrected chi connectivity index (χ2v) is 8.46. The van der Waals surface area contributed by atoms with E-state index in [2.05, 4.69) is 5.32 Å². The number of aryl methyl sites for hydroxylation is 1. The van der Waals surface area contributed by atoms with Crippen LogP contribution in [0, 0.1) is 17.2 Å². The summed E-state index contributed by atoms with van der Waals surface area (Å²) in [5.74, 6) is 0.436. The summed E-state index contributed by atoms with van der Waals surface area (Å²) >= 11 is 6.01. The molecular formula is C25H27ClN4O4. The van der Waals surface area contributed by atoms with Crippen LogP contribution in [0.2, 0.25) is 5.02 Å². The van der Waals surface area contributed by atoms with Crippen molar-refractivity contribution in [2.24, 2.45) is 5.92 Å². The average Bonchev–Trinajstić information content (AvgIpc) is 2.80. The van der Waals surface area contributed by atoms with Gasteiger partial charge >= 0.3 is 5.69 Å². The number of hydrogen-bond acceptors (Lipinski definition) is 5. The molecule has 0 saturated carbocycles. The van der Waals surface area contributed by atoms with E-state index in [0.717, 1.165) is 0 Å². The number of anilines is 1. The van der Waals surface area contributed by atoms with Crippen molar-refractivity contribution in [1.29, 1.82) is 5.26 Å². The van der Waals surface area contributed by atoms with E-state index in [1.807, 2.05) is 19.9 Å². The van der Waals surface area contributed by atoms with Gasteiger partial charge in [-0.3, -0.25) is 18.7 Å². The predicted molar refractivity (Wildman–Crippen MR) is 133 cm³/mol.